The Bertz CT molecular complexity index is 231. The second kappa shape index (κ2) is 4.66. The second-order valence-electron chi connectivity index (χ2n) is 6.14. The largest absolute Gasteiger partial charge is 0.353 e. The van der Waals surface area contributed by atoms with Gasteiger partial charge in [0.25, 0.3) is 0 Å². The van der Waals surface area contributed by atoms with Gasteiger partial charge >= 0.3 is 0 Å². The van der Waals surface area contributed by atoms with Gasteiger partial charge in [0.1, 0.15) is 5.72 Å². The van der Waals surface area contributed by atoms with Gasteiger partial charge in [0, 0.05) is 13.1 Å². The lowest BCUT2D eigenvalue weighted by Gasteiger charge is -2.40. The average molecular weight is 225 g/mol. The fourth-order valence-electron chi connectivity index (χ4n) is 3.37. The highest BCUT2D eigenvalue weighted by Gasteiger charge is 2.49. The van der Waals surface area contributed by atoms with E-state index in [9.17, 15) is 0 Å². The van der Waals surface area contributed by atoms with Crippen LogP contribution in [0.4, 0.5) is 0 Å². The molecule has 1 aliphatic carbocycles. The summed E-state index contributed by atoms with van der Waals surface area (Å²) in [6, 6.07) is 0. The number of rotatable bonds is 3. The lowest BCUT2D eigenvalue weighted by atomic mass is 9.90. The summed E-state index contributed by atoms with van der Waals surface area (Å²) in [6.45, 7) is 9.10. The van der Waals surface area contributed by atoms with E-state index in [0.717, 1.165) is 6.54 Å². The maximum Gasteiger partial charge on any atom is 0.122 e. The van der Waals surface area contributed by atoms with Crippen molar-refractivity contribution in [3.63, 3.8) is 0 Å². The third kappa shape index (κ3) is 2.43. The van der Waals surface area contributed by atoms with Gasteiger partial charge < -0.3 is 4.74 Å². The van der Waals surface area contributed by atoms with Crippen LogP contribution >= 0.6 is 0 Å². The maximum atomic E-state index is 6.41. The molecule has 1 spiro atoms. The first-order valence-corrected chi connectivity index (χ1v) is 7.03. The summed E-state index contributed by atoms with van der Waals surface area (Å²) in [7, 11) is 0. The van der Waals surface area contributed by atoms with E-state index >= 15 is 0 Å². The van der Waals surface area contributed by atoms with Crippen molar-refractivity contribution in [3.8, 4) is 0 Å². The van der Waals surface area contributed by atoms with Crippen LogP contribution in [0, 0.1) is 0 Å². The van der Waals surface area contributed by atoms with E-state index in [1.807, 2.05) is 0 Å². The van der Waals surface area contributed by atoms with E-state index in [2.05, 4.69) is 25.7 Å². The molecule has 0 N–H and O–H groups in total. The van der Waals surface area contributed by atoms with Crippen molar-refractivity contribution in [1.29, 1.82) is 0 Å². The van der Waals surface area contributed by atoms with Gasteiger partial charge in [0.15, 0.2) is 0 Å². The summed E-state index contributed by atoms with van der Waals surface area (Å²) in [5.41, 5.74) is 0.169. The summed E-state index contributed by atoms with van der Waals surface area (Å²) in [4.78, 5) is 2.63. The highest BCUT2D eigenvalue weighted by Crippen LogP contribution is 2.43. The molecule has 0 aromatic carbocycles. The third-order valence-corrected chi connectivity index (χ3v) is 4.03. The Balaban J connectivity index is 2.07. The predicted octanol–water partition coefficient (Wildman–Crippen LogP) is 3.56. The average Bonchev–Trinajstić information content (AvgIpc) is 2.47. The van der Waals surface area contributed by atoms with E-state index in [0.29, 0.717) is 0 Å². The highest BCUT2D eigenvalue weighted by atomic mass is 16.6. The molecule has 1 heterocycles. The number of nitrogens with zero attached hydrogens (tertiary/aromatic N) is 1. The molecule has 1 saturated carbocycles. The molecule has 94 valence electrons. The Morgan fingerprint density at radius 3 is 2.44 bits per heavy atom. The summed E-state index contributed by atoms with van der Waals surface area (Å²) < 4.78 is 6.41. The van der Waals surface area contributed by atoms with Gasteiger partial charge in [-0.3, -0.25) is 4.90 Å². The van der Waals surface area contributed by atoms with Crippen LogP contribution in [0.1, 0.15) is 65.7 Å². The third-order valence-electron chi connectivity index (χ3n) is 4.03. The van der Waals surface area contributed by atoms with Crippen molar-refractivity contribution in [2.24, 2.45) is 0 Å². The van der Waals surface area contributed by atoms with Crippen LogP contribution in [-0.4, -0.2) is 29.3 Å². The molecule has 0 aromatic rings. The van der Waals surface area contributed by atoms with Crippen molar-refractivity contribution >= 4 is 0 Å². The summed E-state index contributed by atoms with van der Waals surface area (Å²) in [6.07, 6.45) is 9.18. The van der Waals surface area contributed by atoms with Crippen LogP contribution in [0.2, 0.25) is 0 Å². The van der Waals surface area contributed by atoms with Crippen LogP contribution < -0.4 is 0 Å². The molecular weight excluding hydrogens is 198 g/mol. The van der Waals surface area contributed by atoms with Gasteiger partial charge in [0.2, 0.25) is 0 Å². The molecule has 2 aliphatic rings. The first-order chi connectivity index (χ1) is 7.58. The van der Waals surface area contributed by atoms with E-state index in [1.54, 1.807) is 0 Å². The molecule has 2 fully saturated rings. The van der Waals surface area contributed by atoms with Crippen LogP contribution in [0.3, 0.4) is 0 Å². The minimum atomic E-state index is 0.0606. The number of hydrogen-bond acceptors (Lipinski definition) is 2. The van der Waals surface area contributed by atoms with Gasteiger partial charge in [-0.2, -0.15) is 0 Å². The van der Waals surface area contributed by atoms with E-state index in [4.69, 9.17) is 4.74 Å². The minimum Gasteiger partial charge on any atom is -0.353 e. The lowest BCUT2D eigenvalue weighted by molar-refractivity contribution is -0.148. The van der Waals surface area contributed by atoms with Crippen LogP contribution in [0.25, 0.3) is 0 Å². The first kappa shape index (κ1) is 12.4. The van der Waals surface area contributed by atoms with E-state index in [1.165, 1.54) is 51.5 Å². The highest BCUT2D eigenvalue weighted by molar-refractivity contribution is 4.96. The van der Waals surface area contributed by atoms with Crippen LogP contribution in [0.15, 0.2) is 0 Å². The molecule has 0 unspecified atom stereocenters. The predicted molar refractivity (Wildman–Crippen MR) is 67.5 cm³/mol. The molecule has 1 aliphatic heterocycles. The lowest BCUT2D eigenvalue weighted by Crippen LogP contribution is -2.46. The fourth-order valence-corrected chi connectivity index (χ4v) is 3.37. The zero-order valence-corrected chi connectivity index (χ0v) is 11.2. The molecule has 0 bridgehead atoms. The van der Waals surface area contributed by atoms with Crippen molar-refractivity contribution in [2.75, 3.05) is 13.1 Å². The molecular formula is C14H27NO. The molecule has 0 amide bonds. The van der Waals surface area contributed by atoms with Crippen LogP contribution in [0.5, 0.6) is 0 Å². The van der Waals surface area contributed by atoms with Gasteiger partial charge in [0.05, 0.1) is 5.60 Å². The first-order valence-electron chi connectivity index (χ1n) is 7.03. The van der Waals surface area contributed by atoms with Crippen molar-refractivity contribution in [1.82, 2.24) is 4.90 Å². The Kier molecular flexibility index (Phi) is 3.60. The number of ether oxygens (including phenoxy) is 1. The molecule has 2 rings (SSSR count). The van der Waals surface area contributed by atoms with Gasteiger partial charge in [-0.15, -0.1) is 0 Å². The SMILES string of the molecule is CCCCN1CC(C)(C)OC12CCCCC2. The van der Waals surface area contributed by atoms with Crippen molar-refractivity contribution < 1.29 is 4.74 Å². The van der Waals surface area contributed by atoms with Gasteiger partial charge in [-0.05, 0) is 46.0 Å². The van der Waals surface area contributed by atoms with Crippen molar-refractivity contribution in [2.45, 2.75) is 77.0 Å². The zero-order chi connectivity index (χ0) is 11.6. The van der Waals surface area contributed by atoms with E-state index in [-0.39, 0.29) is 11.3 Å². The Morgan fingerprint density at radius 2 is 1.81 bits per heavy atom. The van der Waals surface area contributed by atoms with Gasteiger partial charge in [-0.25, -0.2) is 0 Å². The van der Waals surface area contributed by atoms with Crippen molar-refractivity contribution in [3.05, 3.63) is 0 Å². The number of unbranched alkanes of at least 4 members (excludes halogenated alkanes) is 1. The standard InChI is InChI=1S/C14H27NO/c1-4-5-11-15-12-13(2,3)16-14(15)9-7-6-8-10-14/h4-12H2,1-3H3. The molecule has 2 nitrogen and oxygen atoms in total. The molecule has 1 saturated heterocycles. The Labute approximate surface area is 100 Å². The molecule has 0 aromatic heterocycles. The monoisotopic (exact) mass is 225 g/mol. The topological polar surface area (TPSA) is 12.5 Å². The van der Waals surface area contributed by atoms with E-state index < -0.39 is 0 Å². The number of hydrogen-bond donors (Lipinski definition) is 0. The summed E-state index contributed by atoms with van der Waals surface area (Å²) >= 11 is 0. The Morgan fingerprint density at radius 1 is 1.12 bits per heavy atom. The fraction of sp³-hybridized carbons (Fsp3) is 1.00. The summed E-state index contributed by atoms with van der Waals surface area (Å²) in [5, 5.41) is 0. The molecule has 2 heteroatoms. The molecule has 16 heavy (non-hydrogen) atoms. The second-order valence-corrected chi connectivity index (χ2v) is 6.14. The smallest absolute Gasteiger partial charge is 0.122 e. The minimum absolute atomic E-state index is 0.0606. The van der Waals surface area contributed by atoms with Gasteiger partial charge in [-0.1, -0.05) is 19.8 Å². The maximum absolute atomic E-state index is 6.41. The quantitative estimate of drug-likeness (QED) is 0.728. The summed E-state index contributed by atoms with van der Waals surface area (Å²) in [5.74, 6) is 0. The molecule has 0 atom stereocenters. The van der Waals surface area contributed by atoms with Crippen LogP contribution in [-0.2, 0) is 4.74 Å². The zero-order valence-electron chi connectivity index (χ0n) is 11.2. The molecule has 0 radical (unpaired) electrons. The normalized spacial score (nSPS) is 28.7. The Hall–Kier alpha value is -0.0800.